The van der Waals surface area contributed by atoms with Crippen LogP contribution in [0.2, 0.25) is 10.0 Å². The van der Waals surface area contributed by atoms with Crippen LogP contribution in [0.25, 0.3) is 28.6 Å². The van der Waals surface area contributed by atoms with E-state index in [4.69, 9.17) is 27.6 Å². The van der Waals surface area contributed by atoms with Crippen molar-refractivity contribution in [2.24, 2.45) is 0 Å². The van der Waals surface area contributed by atoms with Crippen molar-refractivity contribution in [1.82, 2.24) is 4.98 Å². The van der Waals surface area contributed by atoms with E-state index < -0.39 is 4.92 Å². The first-order valence-electron chi connectivity index (χ1n) is 8.99. The van der Waals surface area contributed by atoms with Crippen LogP contribution in [0, 0.1) is 10.1 Å². The summed E-state index contributed by atoms with van der Waals surface area (Å²) in [7, 11) is 0. The molecule has 0 atom stereocenters. The van der Waals surface area contributed by atoms with Gasteiger partial charge >= 0.3 is 0 Å². The van der Waals surface area contributed by atoms with E-state index in [1.54, 1.807) is 48.5 Å². The number of hydrogen-bond donors (Lipinski definition) is 1. The smallest absolute Gasteiger partial charge is 0.271 e. The molecular formula is C22H13Cl2N3O4. The number of rotatable bonds is 5. The normalized spacial score (nSPS) is 11.2. The summed E-state index contributed by atoms with van der Waals surface area (Å²) in [4.78, 5) is 27.3. The number of fused-ring (bicyclic) bond motifs is 1. The predicted molar refractivity (Wildman–Crippen MR) is 120 cm³/mol. The molecule has 3 aromatic carbocycles. The van der Waals surface area contributed by atoms with E-state index in [1.807, 2.05) is 0 Å². The van der Waals surface area contributed by atoms with Gasteiger partial charge in [-0.2, -0.15) is 0 Å². The quantitative estimate of drug-likeness (QED) is 0.215. The molecule has 0 unspecified atom stereocenters. The minimum atomic E-state index is -0.499. The van der Waals surface area contributed by atoms with Crippen LogP contribution in [0.15, 0.2) is 71.2 Å². The molecule has 0 aliphatic heterocycles. The Morgan fingerprint density at radius 2 is 1.90 bits per heavy atom. The van der Waals surface area contributed by atoms with Gasteiger partial charge in [0.05, 0.1) is 16.2 Å². The fraction of sp³-hybridized carbons (Fsp3) is 0. The summed E-state index contributed by atoms with van der Waals surface area (Å²) >= 11 is 12.0. The van der Waals surface area contributed by atoms with Gasteiger partial charge in [-0.15, -0.1) is 0 Å². The van der Waals surface area contributed by atoms with Gasteiger partial charge in [0.15, 0.2) is 5.58 Å². The van der Waals surface area contributed by atoms with Crippen molar-refractivity contribution in [3.8, 4) is 11.5 Å². The van der Waals surface area contributed by atoms with E-state index in [-0.39, 0.29) is 17.5 Å². The number of oxazole rings is 1. The van der Waals surface area contributed by atoms with E-state index in [2.05, 4.69) is 10.3 Å². The third kappa shape index (κ3) is 4.58. The molecule has 0 saturated carbocycles. The van der Waals surface area contributed by atoms with Gasteiger partial charge < -0.3 is 9.73 Å². The third-order valence-corrected chi connectivity index (χ3v) is 4.94. The number of aromatic nitrogens is 1. The van der Waals surface area contributed by atoms with E-state index in [9.17, 15) is 14.9 Å². The van der Waals surface area contributed by atoms with Crippen LogP contribution in [0.4, 0.5) is 11.4 Å². The molecule has 0 aliphatic carbocycles. The zero-order valence-corrected chi connectivity index (χ0v) is 17.2. The molecule has 0 bridgehead atoms. The van der Waals surface area contributed by atoms with Crippen molar-refractivity contribution < 1.29 is 14.1 Å². The second-order valence-corrected chi connectivity index (χ2v) is 7.31. The molecule has 0 radical (unpaired) electrons. The van der Waals surface area contributed by atoms with Gasteiger partial charge in [0.25, 0.3) is 5.69 Å². The average molecular weight is 454 g/mol. The second-order valence-electron chi connectivity index (χ2n) is 6.46. The molecule has 0 spiro atoms. The van der Waals surface area contributed by atoms with Crippen LogP contribution in [0.1, 0.15) is 5.56 Å². The summed E-state index contributed by atoms with van der Waals surface area (Å²) in [5, 5.41) is 14.7. The molecule has 1 amide bonds. The molecule has 9 heteroatoms. The first-order valence-corrected chi connectivity index (χ1v) is 9.75. The molecule has 0 saturated heterocycles. The Balaban J connectivity index is 1.60. The first kappa shape index (κ1) is 20.6. The summed E-state index contributed by atoms with van der Waals surface area (Å²) < 4.78 is 5.73. The fourth-order valence-electron chi connectivity index (χ4n) is 2.90. The first-order chi connectivity index (χ1) is 14.9. The van der Waals surface area contributed by atoms with Gasteiger partial charge in [0.1, 0.15) is 5.52 Å². The zero-order valence-electron chi connectivity index (χ0n) is 15.7. The van der Waals surface area contributed by atoms with Gasteiger partial charge in [-0.3, -0.25) is 14.9 Å². The monoisotopic (exact) mass is 453 g/mol. The Kier molecular flexibility index (Phi) is 5.70. The highest BCUT2D eigenvalue weighted by molar-refractivity contribution is 6.35. The maximum Gasteiger partial charge on any atom is 0.271 e. The summed E-state index contributed by atoms with van der Waals surface area (Å²) in [6.07, 6.45) is 2.93. The van der Waals surface area contributed by atoms with E-state index >= 15 is 0 Å². The lowest BCUT2D eigenvalue weighted by atomic mass is 10.1. The highest BCUT2D eigenvalue weighted by Crippen LogP contribution is 2.31. The number of non-ortho nitro benzene ring substituents is 1. The van der Waals surface area contributed by atoms with Crippen LogP contribution in [0.5, 0.6) is 0 Å². The molecule has 31 heavy (non-hydrogen) atoms. The lowest BCUT2D eigenvalue weighted by Gasteiger charge is -2.07. The number of carbonyl (C=O) groups is 1. The molecular weight excluding hydrogens is 441 g/mol. The third-order valence-electron chi connectivity index (χ3n) is 4.37. The van der Waals surface area contributed by atoms with Crippen molar-refractivity contribution in [3.63, 3.8) is 0 Å². The van der Waals surface area contributed by atoms with Gasteiger partial charge in [0, 0.05) is 28.3 Å². The molecule has 7 nitrogen and oxygen atoms in total. The highest BCUT2D eigenvalue weighted by Gasteiger charge is 2.15. The average Bonchev–Trinajstić information content (AvgIpc) is 3.16. The van der Waals surface area contributed by atoms with Crippen LogP contribution in [0.3, 0.4) is 0 Å². The lowest BCUT2D eigenvalue weighted by molar-refractivity contribution is -0.384. The van der Waals surface area contributed by atoms with Crippen LogP contribution in [-0.4, -0.2) is 15.8 Å². The van der Waals surface area contributed by atoms with Gasteiger partial charge in [-0.05, 0) is 42.0 Å². The van der Waals surface area contributed by atoms with E-state index in [1.165, 1.54) is 24.3 Å². The van der Waals surface area contributed by atoms with Crippen molar-refractivity contribution in [3.05, 3.63) is 92.5 Å². The Bertz CT molecular complexity index is 1350. The topological polar surface area (TPSA) is 98.3 Å². The van der Waals surface area contributed by atoms with Gasteiger partial charge in [-0.25, -0.2) is 4.98 Å². The predicted octanol–water partition coefficient (Wildman–Crippen LogP) is 6.36. The number of benzene rings is 3. The van der Waals surface area contributed by atoms with Crippen molar-refractivity contribution in [2.45, 2.75) is 0 Å². The molecule has 0 fully saturated rings. The molecule has 1 N–H and O–H groups in total. The number of hydrogen-bond acceptors (Lipinski definition) is 5. The van der Waals surface area contributed by atoms with Crippen LogP contribution < -0.4 is 5.32 Å². The van der Waals surface area contributed by atoms with Gasteiger partial charge in [0.2, 0.25) is 11.8 Å². The largest absolute Gasteiger partial charge is 0.436 e. The van der Waals surface area contributed by atoms with Crippen LogP contribution >= 0.6 is 23.2 Å². The summed E-state index contributed by atoms with van der Waals surface area (Å²) in [5.41, 5.74) is 2.32. The van der Waals surface area contributed by atoms with Crippen molar-refractivity contribution in [1.29, 1.82) is 0 Å². The number of amides is 1. The molecule has 4 rings (SSSR count). The van der Waals surface area contributed by atoms with Crippen molar-refractivity contribution >= 4 is 57.7 Å². The Labute approximate surface area is 186 Å². The number of carbonyl (C=O) groups excluding carboxylic acids is 1. The minimum Gasteiger partial charge on any atom is -0.436 e. The van der Waals surface area contributed by atoms with Crippen molar-refractivity contribution in [2.75, 3.05) is 5.32 Å². The minimum absolute atomic E-state index is 0.0834. The summed E-state index contributed by atoms with van der Waals surface area (Å²) in [6.45, 7) is 0. The second kappa shape index (κ2) is 8.59. The molecule has 0 aliphatic rings. The number of nitro benzene ring substituents is 1. The highest BCUT2D eigenvalue weighted by atomic mass is 35.5. The SMILES string of the molecule is O=C(C=Cc1ccc(Cl)cc1Cl)Nc1ccccc1-c1nc2cc([N+](=O)[O-])ccc2o1. The Morgan fingerprint density at radius 3 is 2.68 bits per heavy atom. The standard InChI is InChI=1S/C22H13Cl2N3O4/c23-14-7-5-13(17(24)11-14)6-10-21(28)25-18-4-2-1-3-16(18)22-26-19-12-15(27(29)30)8-9-20(19)31-22/h1-12H,(H,25,28). The molecule has 154 valence electrons. The zero-order chi connectivity index (χ0) is 22.0. The van der Waals surface area contributed by atoms with Crippen LogP contribution in [-0.2, 0) is 4.79 Å². The maximum atomic E-state index is 12.4. The van der Waals surface area contributed by atoms with E-state index in [0.717, 1.165) is 0 Å². The number of para-hydroxylation sites is 1. The number of anilines is 1. The number of nitrogens with zero attached hydrogens (tertiary/aromatic N) is 2. The Morgan fingerprint density at radius 1 is 1.10 bits per heavy atom. The number of nitro groups is 1. The number of nitrogens with one attached hydrogen (secondary N) is 1. The maximum absolute atomic E-state index is 12.4. The molecule has 4 aromatic rings. The van der Waals surface area contributed by atoms with Gasteiger partial charge in [-0.1, -0.05) is 41.4 Å². The summed E-state index contributed by atoms with van der Waals surface area (Å²) in [6, 6.07) is 16.1. The number of halogens is 2. The fourth-order valence-corrected chi connectivity index (χ4v) is 3.37. The Hall–Kier alpha value is -3.68. The molecule has 1 aromatic heterocycles. The lowest BCUT2D eigenvalue weighted by Crippen LogP contribution is -2.08. The molecule has 1 heterocycles. The van der Waals surface area contributed by atoms with E-state index in [0.29, 0.717) is 38.0 Å². The summed E-state index contributed by atoms with van der Waals surface area (Å²) in [5.74, 6) is -0.152.